The summed E-state index contributed by atoms with van der Waals surface area (Å²) in [5.41, 5.74) is 0.611. The van der Waals surface area contributed by atoms with Crippen molar-refractivity contribution in [1.82, 2.24) is 5.32 Å². The van der Waals surface area contributed by atoms with Crippen molar-refractivity contribution in [3.05, 3.63) is 29.8 Å². The van der Waals surface area contributed by atoms with Gasteiger partial charge in [-0.15, -0.1) is 0 Å². The van der Waals surface area contributed by atoms with E-state index in [1.54, 1.807) is 25.2 Å². The first-order valence-corrected chi connectivity index (χ1v) is 5.41. The van der Waals surface area contributed by atoms with Crippen molar-refractivity contribution in [2.45, 2.75) is 0 Å². The molecular weight excluding hydrogens is 246 g/mol. The summed E-state index contributed by atoms with van der Waals surface area (Å²) in [5, 5.41) is 3.34. The summed E-state index contributed by atoms with van der Waals surface area (Å²) >= 11 is 3.26. The third kappa shape index (κ3) is 3.03. The normalized spacial score (nSPS) is 9.57. The van der Waals surface area contributed by atoms with Crippen LogP contribution in [0.4, 0.5) is 0 Å². The van der Waals surface area contributed by atoms with Gasteiger partial charge in [-0.1, -0.05) is 22.0 Å². The van der Waals surface area contributed by atoms with Gasteiger partial charge >= 0.3 is 0 Å². The predicted molar refractivity (Wildman–Crippen MR) is 59.1 cm³/mol. The molecule has 14 heavy (non-hydrogen) atoms. The van der Waals surface area contributed by atoms with E-state index in [2.05, 4.69) is 21.2 Å². The van der Waals surface area contributed by atoms with Crippen LogP contribution in [-0.4, -0.2) is 24.9 Å². The van der Waals surface area contributed by atoms with Gasteiger partial charge in [-0.05, 0) is 18.2 Å². The molecule has 0 aliphatic rings. The van der Waals surface area contributed by atoms with E-state index in [1.807, 2.05) is 6.07 Å². The van der Waals surface area contributed by atoms with Gasteiger partial charge in [-0.3, -0.25) is 4.79 Å². The lowest BCUT2D eigenvalue weighted by molar-refractivity contribution is 0.0962. The van der Waals surface area contributed by atoms with E-state index < -0.39 is 0 Å². The first-order valence-electron chi connectivity index (χ1n) is 4.29. The number of alkyl halides is 1. The molecule has 0 spiro atoms. The van der Waals surface area contributed by atoms with Crippen LogP contribution in [0.2, 0.25) is 0 Å². The van der Waals surface area contributed by atoms with Crippen molar-refractivity contribution >= 4 is 21.8 Å². The van der Waals surface area contributed by atoms with Gasteiger partial charge in [-0.2, -0.15) is 0 Å². The number of benzene rings is 1. The van der Waals surface area contributed by atoms with Crippen molar-refractivity contribution in [3.8, 4) is 5.75 Å². The Bertz CT molecular complexity index is 315. The minimum Gasteiger partial charge on any atom is -0.493 e. The van der Waals surface area contributed by atoms with E-state index in [-0.39, 0.29) is 5.91 Å². The number of amides is 1. The number of hydrogen-bond acceptors (Lipinski definition) is 2. The van der Waals surface area contributed by atoms with Crippen LogP contribution < -0.4 is 10.1 Å². The second-order valence-electron chi connectivity index (χ2n) is 2.64. The number of ether oxygens (including phenoxy) is 1. The summed E-state index contributed by atoms with van der Waals surface area (Å²) in [6, 6.07) is 7.10. The van der Waals surface area contributed by atoms with E-state index in [4.69, 9.17) is 4.74 Å². The fourth-order valence-corrected chi connectivity index (χ4v) is 1.19. The van der Waals surface area contributed by atoms with Gasteiger partial charge in [0.05, 0.1) is 6.61 Å². The average Bonchev–Trinajstić information content (AvgIpc) is 2.25. The largest absolute Gasteiger partial charge is 0.493 e. The Labute approximate surface area is 91.6 Å². The zero-order valence-electron chi connectivity index (χ0n) is 7.92. The Kier molecular flexibility index (Phi) is 4.46. The molecule has 0 saturated heterocycles. The molecule has 3 nitrogen and oxygen atoms in total. The lowest BCUT2D eigenvalue weighted by Crippen LogP contribution is -2.17. The molecule has 1 aromatic carbocycles. The maximum absolute atomic E-state index is 11.3. The van der Waals surface area contributed by atoms with Crippen molar-refractivity contribution in [3.63, 3.8) is 0 Å². The number of carbonyl (C=O) groups excluding carboxylic acids is 1. The smallest absolute Gasteiger partial charge is 0.251 e. The standard InChI is InChI=1S/C10H12BrNO2/c1-12-10(13)8-3-2-4-9(7-8)14-6-5-11/h2-4,7H,5-6H2,1H3,(H,12,13). The van der Waals surface area contributed by atoms with Crippen molar-refractivity contribution < 1.29 is 9.53 Å². The van der Waals surface area contributed by atoms with Crippen molar-refractivity contribution in [2.75, 3.05) is 19.0 Å². The fourth-order valence-electron chi connectivity index (χ4n) is 1.03. The summed E-state index contributed by atoms with van der Waals surface area (Å²) in [4.78, 5) is 11.3. The van der Waals surface area contributed by atoms with Crippen LogP contribution in [-0.2, 0) is 0 Å². The average molecular weight is 258 g/mol. The van der Waals surface area contributed by atoms with Gasteiger partial charge in [0.25, 0.3) is 5.91 Å². The molecule has 0 unspecified atom stereocenters. The predicted octanol–water partition coefficient (Wildman–Crippen LogP) is 1.82. The van der Waals surface area contributed by atoms with Crippen molar-refractivity contribution in [1.29, 1.82) is 0 Å². The van der Waals surface area contributed by atoms with E-state index in [0.717, 1.165) is 5.33 Å². The Morgan fingerprint density at radius 1 is 1.57 bits per heavy atom. The molecule has 1 amide bonds. The highest BCUT2D eigenvalue weighted by Crippen LogP contribution is 2.13. The lowest BCUT2D eigenvalue weighted by Gasteiger charge is -2.05. The first-order chi connectivity index (χ1) is 6.77. The Hall–Kier alpha value is -1.03. The molecule has 0 radical (unpaired) electrons. The van der Waals surface area contributed by atoms with E-state index in [0.29, 0.717) is 17.9 Å². The van der Waals surface area contributed by atoms with E-state index in [9.17, 15) is 4.79 Å². The summed E-state index contributed by atoms with van der Waals surface area (Å²) in [6.45, 7) is 0.594. The quantitative estimate of drug-likeness (QED) is 0.836. The van der Waals surface area contributed by atoms with Gasteiger partial charge in [0.15, 0.2) is 0 Å². The minimum absolute atomic E-state index is 0.103. The molecule has 4 heteroatoms. The molecule has 0 aliphatic heterocycles. The highest BCUT2D eigenvalue weighted by molar-refractivity contribution is 9.09. The SMILES string of the molecule is CNC(=O)c1cccc(OCCBr)c1. The Balaban J connectivity index is 2.73. The summed E-state index contributed by atoms with van der Waals surface area (Å²) in [6.07, 6.45) is 0. The van der Waals surface area contributed by atoms with Crippen LogP contribution >= 0.6 is 15.9 Å². The maximum atomic E-state index is 11.3. The molecule has 0 aliphatic carbocycles. The Morgan fingerprint density at radius 3 is 3.00 bits per heavy atom. The zero-order valence-corrected chi connectivity index (χ0v) is 9.50. The molecule has 0 heterocycles. The van der Waals surface area contributed by atoms with Gasteiger partial charge in [0, 0.05) is 17.9 Å². The number of nitrogens with one attached hydrogen (secondary N) is 1. The van der Waals surface area contributed by atoms with Crippen LogP contribution in [0.15, 0.2) is 24.3 Å². The second-order valence-corrected chi connectivity index (χ2v) is 3.44. The third-order valence-electron chi connectivity index (χ3n) is 1.67. The maximum Gasteiger partial charge on any atom is 0.251 e. The molecule has 0 bridgehead atoms. The van der Waals surface area contributed by atoms with Crippen LogP contribution in [0.5, 0.6) is 5.75 Å². The molecule has 76 valence electrons. The lowest BCUT2D eigenvalue weighted by atomic mass is 10.2. The number of halogens is 1. The van der Waals surface area contributed by atoms with Gasteiger partial charge in [0.2, 0.25) is 0 Å². The Morgan fingerprint density at radius 2 is 2.36 bits per heavy atom. The summed E-state index contributed by atoms with van der Waals surface area (Å²) < 4.78 is 5.36. The molecule has 0 saturated carbocycles. The summed E-state index contributed by atoms with van der Waals surface area (Å²) in [5.74, 6) is 0.611. The van der Waals surface area contributed by atoms with Crippen LogP contribution in [0.3, 0.4) is 0 Å². The molecule has 1 aromatic rings. The molecule has 1 rings (SSSR count). The molecule has 1 N–H and O–H groups in total. The summed E-state index contributed by atoms with van der Waals surface area (Å²) in [7, 11) is 1.61. The monoisotopic (exact) mass is 257 g/mol. The molecule has 0 atom stereocenters. The molecular formula is C10H12BrNO2. The van der Waals surface area contributed by atoms with E-state index >= 15 is 0 Å². The molecule has 0 aromatic heterocycles. The molecule has 0 fully saturated rings. The number of hydrogen-bond donors (Lipinski definition) is 1. The fraction of sp³-hybridized carbons (Fsp3) is 0.300. The van der Waals surface area contributed by atoms with Gasteiger partial charge < -0.3 is 10.1 Å². The second kappa shape index (κ2) is 5.65. The highest BCUT2D eigenvalue weighted by atomic mass is 79.9. The van der Waals surface area contributed by atoms with E-state index in [1.165, 1.54) is 0 Å². The van der Waals surface area contributed by atoms with Crippen LogP contribution in [0.25, 0.3) is 0 Å². The van der Waals surface area contributed by atoms with Crippen molar-refractivity contribution in [2.24, 2.45) is 0 Å². The number of rotatable bonds is 4. The minimum atomic E-state index is -0.103. The van der Waals surface area contributed by atoms with Crippen LogP contribution in [0.1, 0.15) is 10.4 Å². The van der Waals surface area contributed by atoms with Gasteiger partial charge in [-0.25, -0.2) is 0 Å². The third-order valence-corrected chi connectivity index (χ3v) is 1.99. The number of carbonyl (C=O) groups is 1. The highest BCUT2D eigenvalue weighted by Gasteiger charge is 2.03. The van der Waals surface area contributed by atoms with Crippen LogP contribution in [0, 0.1) is 0 Å². The topological polar surface area (TPSA) is 38.3 Å². The first kappa shape index (κ1) is 11.0. The van der Waals surface area contributed by atoms with Gasteiger partial charge in [0.1, 0.15) is 5.75 Å². The zero-order chi connectivity index (χ0) is 10.4.